The van der Waals surface area contributed by atoms with Crippen LogP contribution in [0, 0.1) is 47.3 Å². The lowest BCUT2D eigenvalue weighted by atomic mass is 9.78. The summed E-state index contributed by atoms with van der Waals surface area (Å²) in [6.07, 6.45) is 5.18. The lowest BCUT2D eigenvalue weighted by Gasteiger charge is -2.29. The molecule has 4 bridgehead atoms. The third-order valence-corrected chi connectivity index (χ3v) is 7.98. The van der Waals surface area contributed by atoms with Gasteiger partial charge in [-0.15, -0.1) is 0 Å². The van der Waals surface area contributed by atoms with Crippen LogP contribution in [0.3, 0.4) is 0 Å². The first-order valence-electron chi connectivity index (χ1n) is 10.8. The Bertz CT molecular complexity index is 724. The van der Waals surface area contributed by atoms with E-state index in [2.05, 4.69) is 10.6 Å². The highest BCUT2D eigenvalue weighted by Crippen LogP contribution is 2.53. The maximum absolute atomic E-state index is 12.7. The predicted molar refractivity (Wildman–Crippen MR) is 102 cm³/mol. The van der Waals surface area contributed by atoms with Gasteiger partial charge in [0.2, 0.25) is 11.8 Å². The number of hydrogen-bond acceptors (Lipinski definition) is 4. The third-order valence-electron chi connectivity index (χ3n) is 7.98. The van der Waals surface area contributed by atoms with Crippen molar-refractivity contribution in [2.45, 2.75) is 51.5 Å². The van der Waals surface area contributed by atoms with E-state index in [1.54, 1.807) is 6.92 Å². The van der Waals surface area contributed by atoms with Crippen molar-refractivity contribution in [3.8, 4) is 0 Å². The fraction of sp³-hybridized carbons (Fsp3) is 0.810. The Morgan fingerprint density at radius 3 is 1.62 bits per heavy atom. The monoisotopic (exact) mass is 406 g/mol. The second-order valence-electron chi connectivity index (χ2n) is 9.60. The lowest BCUT2D eigenvalue weighted by molar-refractivity contribution is -0.150. The minimum Gasteiger partial charge on any atom is -0.481 e. The maximum Gasteiger partial charge on any atom is 0.307 e. The molecule has 0 aromatic rings. The standard InChI is InChI=1S/C21H30N2O6/c1-9(23-19(25)15-11-3-5-13(7-11)17(15)21(28)29)8-22-18(24)14-10-2-4-12(6-10)16(14)20(26)27/h9-17H,2-8H2,1H3,(H,22,24)(H,23,25)(H,26,27)(H,28,29)/t9-,10+,11+,12-,13-,14-,15+,16-,17-/m0/s1. The van der Waals surface area contributed by atoms with Crippen molar-refractivity contribution in [2.24, 2.45) is 47.3 Å². The van der Waals surface area contributed by atoms with Crippen molar-refractivity contribution < 1.29 is 29.4 Å². The number of carbonyl (C=O) groups is 4. The van der Waals surface area contributed by atoms with Crippen LogP contribution in [0.2, 0.25) is 0 Å². The Morgan fingerprint density at radius 1 is 0.759 bits per heavy atom. The zero-order valence-electron chi connectivity index (χ0n) is 16.7. The molecule has 4 aliphatic carbocycles. The number of rotatable bonds is 7. The van der Waals surface area contributed by atoms with Crippen LogP contribution in [0.5, 0.6) is 0 Å². The molecule has 9 atom stereocenters. The van der Waals surface area contributed by atoms with Gasteiger partial charge >= 0.3 is 11.9 Å². The minimum atomic E-state index is -0.894. The number of hydrogen-bond donors (Lipinski definition) is 4. The van der Waals surface area contributed by atoms with Crippen molar-refractivity contribution in [1.82, 2.24) is 10.6 Å². The van der Waals surface area contributed by atoms with E-state index in [0.29, 0.717) is 0 Å². The molecular weight excluding hydrogens is 376 g/mol. The van der Waals surface area contributed by atoms with E-state index in [-0.39, 0.29) is 48.1 Å². The first-order chi connectivity index (χ1) is 13.8. The van der Waals surface area contributed by atoms with Gasteiger partial charge in [0.15, 0.2) is 0 Å². The lowest BCUT2D eigenvalue weighted by Crippen LogP contribution is -2.49. The van der Waals surface area contributed by atoms with E-state index >= 15 is 0 Å². The van der Waals surface area contributed by atoms with Crippen molar-refractivity contribution >= 4 is 23.8 Å². The first kappa shape index (κ1) is 20.2. The van der Waals surface area contributed by atoms with Crippen LogP contribution in [0.1, 0.15) is 45.4 Å². The summed E-state index contributed by atoms with van der Waals surface area (Å²) in [5, 5.41) is 24.7. The summed E-state index contributed by atoms with van der Waals surface area (Å²) in [7, 11) is 0. The molecule has 0 aromatic carbocycles. The van der Waals surface area contributed by atoms with E-state index in [9.17, 15) is 29.4 Å². The molecule has 8 nitrogen and oxygen atoms in total. The van der Waals surface area contributed by atoms with Crippen molar-refractivity contribution in [1.29, 1.82) is 0 Å². The molecule has 0 aliphatic heterocycles. The van der Waals surface area contributed by atoms with Crippen LogP contribution in [-0.4, -0.2) is 46.6 Å². The topological polar surface area (TPSA) is 133 Å². The summed E-state index contributed by atoms with van der Waals surface area (Å²) in [5.41, 5.74) is 0. The number of nitrogens with one attached hydrogen (secondary N) is 2. The van der Waals surface area contributed by atoms with E-state index in [1.807, 2.05) is 0 Å². The van der Waals surface area contributed by atoms with E-state index < -0.39 is 35.6 Å². The van der Waals surface area contributed by atoms with Crippen molar-refractivity contribution in [3.63, 3.8) is 0 Å². The molecule has 4 aliphatic rings. The number of carboxylic acids is 2. The fourth-order valence-electron chi connectivity index (χ4n) is 6.81. The number of carboxylic acid groups (broad SMARTS) is 2. The van der Waals surface area contributed by atoms with E-state index in [0.717, 1.165) is 38.5 Å². The van der Waals surface area contributed by atoms with Gasteiger partial charge in [-0.05, 0) is 69.1 Å². The Hall–Kier alpha value is -2.12. The molecule has 160 valence electrons. The van der Waals surface area contributed by atoms with Crippen LogP contribution in [0.4, 0.5) is 0 Å². The highest BCUT2D eigenvalue weighted by molar-refractivity contribution is 5.87. The molecule has 4 saturated carbocycles. The number of carbonyl (C=O) groups excluding carboxylic acids is 2. The predicted octanol–water partition coefficient (Wildman–Crippen LogP) is 1.10. The summed E-state index contributed by atoms with van der Waals surface area (Å²) in [5.74, 6) is -4.02. The summed E-state index contributed by atoms with van der Waals surface area (Å²) in [6.45, 7) is 1.99. The van der Waals surface area contributed by atoms with Gasteiger partial charge in [-0.3, -0.25) is 19.2 Å². The Morgan fingerprint density at radius 2 is 1.17 bits per heavy atom. The summed E-state index contributed by atoms with van der Waals surface area (Å²) < 4.78 is 0. The van der Waals surface area contributed by atoms with Crippen LogP contribution in [0.15, 0.2) is 0 Å². The first-order valence-corrected chi connectivity index (χ1v) is 10.8. The average molecular weight is 406 g/mol. The smallest absolute Gasteiger partial charge is 0.307 e. The molecule has 0 saturated heterocycles. The quantitative estimate of drug-likeness (QED) is 0.500. The maximum atomic E-state index is 12.7. The number of fused-ring (bicyclic) bond motifs is 4. The molecular formula is C21H30N2O6. The SMILES string of the molecule is C[C@@H](CNC(=O)[C@H]1[C@@H]2CC[C@@H](C2)[C@@H]1C(=O)O)NC(=O)[C@@H]1[C@@H]2CC[C@@H](C2)[C@@H]1C(=O)O. The molecule has 4 N–H and O–H groups in total. The Kier molecular flexibility index (Phi) is 5.29. The molecule has 4 fully saturated rings. The van der Waals surface area contributed by atoms with Gasteiger partial charge < -0.3 is 20.8 Å². The zero-order chi connectivity index (χ0) is 20.9. The molecule has 0 aromatic heterocycles. The van der Waals surface area contributed by atoms with Gasteiger partial charge in [-0.25, -0.2) is 0 Å². The van der Waals surface area contributed by atoms with Crippen molar-refractivity contribution in [3.05, 3.63) is 0 Å². The average Bonchev–Trinajstić information content (AvgIpc) is 3.44. The van der Waals surface area contributed by atoms with Crippen LogP contribution >= 0.6 is 0 Å². The molecule has 0 radical (unpaired) electrons. The molecule has 0 spiro atoms. The van der Waals surface area contributed by atoms with Gasteiger partial charge in [0, 0.05) is 12.6 Å². The molecule has 0 unspecified atom stereocenters. The van der Waals surface area contributed by atoms with E-state index in [1.165, 1.54) is 0 Å². The second-order valence-corrected chi connectivity index (χ2v) is 9.60. The third kappa shape index (κ3) is 3.51. The van der Waals surface area contributed by atoms with Crippen molar-refractivity contribution in [2.75, 3.05) is 6.54 Å². The van der Waals surface area contributed by atoms with Crippen LogP contribution in [0.25, 0.3) is 0 Å². The van der Waals surface area contributed by atoms with Crippen LogP contribution < -0.4 is 10.6 Å². The highest BCUT2D eigenvalue weighted by atomic mass is 16.4. The molecule has 4 rings (SSSR count). The number of amides is 2. The highest BCUT2D eigenvalue weighted by Gasteiger charge is 2.55. The summed E-state index contributed by atoms with van der Waals surface area (Å²) in [4.78, 5) is 48.6. The zero-order valence-corrected chi connectivity index (χ0v) is 16.7. The van der Waals surface area contributed by atoms with Crippen LogP contribution in [-0.2, 0) is 19.2 Å². The van der Waals surface area contributed by atoms with E-state index in [4.69, 9.17) is 0 Å². The Balaban J connectivity index is 1.30. The molecule has 2 amide bonds. The summed E-state index contributed by atoms with van der Waals surface area (Å²) >= 11 is 0. The second kappa shape index (κ2) is 7.61. The van der Waals surface area contributed by atoms with Gasteiger partial charge in [-0.1, -0.05) is 0 Å². The minimum absolute atomic E-state index is 0.0917. The number of aliphatic carboxylic acids is 2. The molecule has 29 heavy (non-hydrogen) atoms. The normalized spacial score (nSPS) is 40.6. The largest absolute Gasteiger partial charge is 0.481 e. The fourth-order valence-corrected chi connectivity index (χ4v) is 6.81. The van der Waals surface area contributed by atoms with Gasteiger partial charge in [-0.2, -0.15) is 0 Å². The molecule has 8 heteroatoms. The van der Waals surface area contributed by atoms with Gasteiger partial charge in [0.05, 0.1) is 23.7 Å². The Labute approximate surface area is 169 Å². The molecule has 0 heterocycles. The van der Waals surface area contributed by atoms with Gasteiger partial charge in [0.25, 0.3) is 0 Å². The summed E-state index contributed by atoms with van der Waals surface area (Å²) in [6, 6.07) is -0.345. The van der Waals surface area contributed by atoms with Gasteiger partial charge in [0.1, 0.15) is 0 Å².